The fourth-order valence-corrected chi connectivity index (χ4v) is 12.6. The van der Waals surface area contributed by atoms with E-state index in [0.717, 1.165) is 114 Å². The molecule has 0 aromatic rings. The lowest BCUT2D eigenvalue weighted by molar-refractivity contribution is -0.161. The van der Waals surface area contributed by atoms with Crippen molar-refractivity contribution in [2.24, 2.45) is 23.7 Å². The maximum atomic E-state index is 13.1. The molecule has 546 valence electrons. The molecular formula is C73H142O17P2. The van der Waals surface area contributed by atoms with Crippen molar-refractivity contribution in [3.8, 4) is 0 Å². The first-order valence-electron chi connectivity index (χ1n) is 37.7. The molecule has 0 aliphatic carbocycles. The van der Waals surface area contributed by atoms with Crippen LogP contribution in [0.25, 0.3) is 0 Å². The van der Waals surface area contributed by atoms with E-state index in [2.05, 4.69) is 55.4 Å². The Balaban J connectivity index is 5.25. The van der Waals surface area contributed by atoms with Crippen LogP contribution in [0.15, 0.2) is 0 Å². The Kier molecular flexibility index (Phi) is 61.3. The Labute approximate surface area is 562 Å². The van der Waals surface area contributed by atoms with Gasteiger partial charge in [-0.1, -0.05) is 312 Å². The second-order valence-corrected chi connectivity index (χ2v) is 30.9. The van der Waals surface area contributed by atoms with Gasteiger partial charge in [0.15, 0.2) is 12.2 Å². The van der Waals surface area contributed by atoms with Gasteiger partial charge in [0, 0.05) is 25.7 Å². The number of hydrogen-bond donors (Lipinski definition) is 3. The van der Waals surface area contributed by atoms with Crippen LogP contribution in [0.1, 0.15) is 364 Å². The fraction of sp³-hybridized carbons (Fsp3) is 0.945. The van der Waals surface area contributed by atoms with Crippen LogP contribution in [-0.4, -0.2) is 96.7 Å². The number of phosphoric acid groups is 2. The Morgan fingerprint density at radius 1 is 0.304 bits per heavy atom. The summed E-state index contributed by atoms with van der Waals surface area (Å²) in [5.74, 6) is 0.888. The highest BCUT2D eigenvalue weighted by atomic mass is 31.2. The zero-order valence-electron chi connectivity index (χ0n) is 60.2. The summed E-state index contributed by atoms with van der Waals surface area (Å²) in [4.78, 5) is 72.6. The van der Waals surface area contributed by atoms with Crippen LogP contribution in [-0.2, 0) is 65.4 Å². The third-order valence-corrected chi connectivity index (χ3v) is 19.1. The van der Waals surface area contributed by atoms with Gasteiger partial charge >= 0.3 is 39.5 Å². The number of carbonyl (C=O) groups excluding carboxylic acids is 4. The SMILES string of the molecule is CCC(C)CCCCCCCCCCC(=O)O[C@H](COC(=O)CCCCCCCCC(C)C)COP(=O)(O)OC[C@H](O)COP(=O)(O)OC[C@@H](COC(=O)CCCCCCCCCCCCCC(C)C)OC(=O)CCCCCCCCCCCCCCCCC(C)C. The van der Waals surface area contributed by atoms with E-state index in [4.69, 9.17) is 37.0 Å². The highest BCUT2D eigenvalue weighted by molar-refractivity contribution is 7.47. The largest absolute Gasteiger partial charge is 0.472 e. The number of unbranched alkanes of at least 4 members (excludes halogenated alkanes) is 35. The number of hydrogen-bond acceptors (Lipinski definition) is 15. The molecule has 0 amide bonds. The van der Waals surface area contributed by atoms with E-state index in [1.807, 2.05) is 0 Å². The van der Waals surface area contributed by atoms with Gasteiger partial charge in [-0.25, -0.2) is 9.13 Å². The van der Waals surface area contributed by atoms with Gasteiger partial charge in [-0.2, -0.15) is 0 Å². The monoisotopic (exact) mass is 1350 g/mol. The lowest BCUT2D eigenvalue weighted by atomic mass is 9.99. The number of rotatable bonds is 70. The molecule has 0 bridgehead atoms. The van der Waals surface area contributed by atoms with Gasteiger partial charge in [0.2, 0.25) is 0 Å². The van der Waals surface area contributed by atoms with Gasteiger partial charge in [-0.3, -0.25) is 37.3 Å². The fourth-order valence-electron chi connectivity index (χ4n) is 11.0. The number of ether oxygens (including phenoxy) is 4. The maximum Gasteiger partial charge on any atom is 0.472 e. The normalized spacial score (nSPS) is 14.5. The number of carbonyl (C=O) groups is 4. The van der Waals surface area contributed by atoms with Crippen LogP contribution < -0.4 is 0 Å². The van der Waals surface area contributed by atoms with E-state index < -0.39 is 97.5 Å². The average Bonchev–Trinajstić information content (AvgIpc) is 3.62. The molecule has 19 heteroatoms. The zero-order valence-corrected chi connectivity index (χ0v) is 62.0. The van der Waals surface area contributed by atoms with Gasteiger partial charge in [-0.15, -0.1) is 0 Å². The average molecular weight is 1350 g/mol. The molecule has 6 atom stereocenters. The molecule has 0 aromatic heterocycles. The first-order chi connectivity index (χ1) is 44.1. The lowest BCUT2D eigenvalue weighted by Crippen LogP contribution is -2.30. The molecule has 0 saturated heterocycles. The highest BCUT2D eigenvalue weighted by Crippen LogP contribution is 2.45. The highest BCUT2D eigenvalue weighted by Gasteiger charge is 2.30. The summed E-state index contributed by atoms with van der Waals surface area (Å²) < 4.78 is 68.4. The minimum Gasteiger partial charge on any atom is -0.462 e. The van der Waals surface area contributed by atoms with Crippen LogP contribution in [0.3, 0.4) is 0 Å². The van der Waals surface area contributed by atoms with Gasteiger partial charge in [0.1, 0.15) is 19.3 Å². The van der Waals surface area contributed by atoms with Crippen molar-refractivity contribution in [2.45, 2.75) is 382 Å². The third-order valence-electron chi connectivity index (χ3n) is 17.2. The standard InChI is InChI=1S/C73H142O17P2/c1-9-66(8)52-44-36-27-23-24-30-40-48-56-73(78)90-69(60-84-71(76)54-46-38-32-31-35-43-51-65(6)7)62-88-92(81,82)86-58-67(74)57-85-91(79,80)87-61-68(59-83-70(75)53-45-37-28-21-18-14-16-20-26-34-42-50-64(4)5)89-72(77)55-47-39-29-22-17-13-11-10-12-15-19-25-33-41-49-63(2)3/h63-69,74H,9-62H2,1-8H3,(H,79,80)(H,81,82)/t66?,67-,68-,69-/m1/s1. The molecule has 17 nitrogen and oxygen atoms in total. The van der Waals surface area contributed by atoms with Gasteiger partial charge < -0.3 is 33.8 Å². The molecule has 0 fully saturated rings. The van der Waals surface area contributed by atoms with Gasteiger partial charge in [0.05, 0.1) is 26.4 Å². The maximum absolute atomic E-state index is 13.1. The number of phosphoric ester groups is 2. The van der Waals surface area contributed by atoms with E-state index in [9.17, 15) is 43.2 Å². The van der Waals surface area contributed by atoms with Crippen molar-refractivity contribution in [1.82, 2.24) is 0 Å². The molecule has 0 rings (SSSR count). The third kappa shape index (κ3) is 65.4. The summed E-state index contributed by atoms with van der Waals surface area (Å²) in [5.41, 5.74) is 0. The van der Waals surface area contributed by atoms with E-state index in [1.165, 1.54) is 161 Å². The molecular weight excluding hydrogens is 1210 g/mol. The molecule has 0 saturated carbocycles. The first-order valence-corrected chi connectivity index (χ1v) is 40.7. The van der Waals surface area contributed by atoms with E-state index in [1.54, 1.807) is 0 Å². The number of aliphatic hydroxyl groups excluding tert-OH is 1. The molecule has 0 aliphatic heterocycles. The van der Waals surface area contributed by atoms with Gasteiger partial charge in [-0.05, 0) is 49.4 Å². The Morgan fingerprint density at radius 2 is 0.522 bits per heavy atom. The second kappa shape index (κ2) is 62.6. The van der Waals surface area contributed by atoms with Crippen LogP contribution >= 0.6 is 15.6 Å². The van der Waals surface area contributed by atoms with Crippen molar-refractivity contribution < 1.29 is 80.2 Å². The smallest absolute Gasteiger partial charge is 0.462 e. The van der Waals surface area contributed by atoms with E-state index in [-0.39, 0.29) is 25.7 Å². The minimum absolute atomic E-state index is 0.103. The molecule has 92 heavy (non-hydrogen) atoms. The minimum atomic E-state index is -4.96. The summed E-state index contributed by atoms with van der Waals surface area (Å²) >= 11 is 0. The van der Waals surface area contributed by atoms with Crippen LogP contribution in [0.4, 0.5) is 0 Å². The summed E-state index contributed by atoms with van der Waals surface area (Å²) in [6.07, 6.45) is 45.9. The summed E-state index contributed by atoms with van der Waals surface area (Å²) in [7, 11) is -9.91. The number of aliphatic hydroxyl groups is 1. The molecule has 3 unspecified atom stereocenters. The Morgan fingerprint density at radius 3 is 0.772 bits per heavy atom. The van der Waals surface area contributed by atoms with Crippen molar-refractivity contribution in [3.63, 3.8) is 0 Å². The van der Waals surface area contributed by atoms with Crippen molar-refractivity contribution in [3.05, 3.63) is 0 Å². The predicted octanol–water partition coefficient (Wildman–Crippen LogP) is 20.9. The van der Waals surface area contributed by atoms with Crippen LogP contribution in [0, 0.1) is 23.7 Å². The zero-order chi connectivity index (χ0) is 68.2. The summed E-state index contributed by atoms with van der Waals surface area (Å²) in [6.45, 7) is 14.1. The molecule has 3 N–H and O–H groups in total. The van der Waals surface area contributed by atoms with Crippen molar-refractivity contribution in [1.29, 1.82) is 0 Å². The summed E-state index contributed by atoms with van der Waals surface area (Å²) in [5, 5.41) is 10.6. The number of esters is 4. The molecule has 0 radical (unpaired) electrons. The van der Waals surface area contributed by atoms with Crippen LogP contribution in [0.2, 0.25) is 0 Å². The summed E-state index contributed by atoms with van der Waals surface area (Å²) in [6, 6.07) is 0. The molecule has 0 aromatic carbocycles. The molecule has 0 heterocycles. The van der Waals surface area contributed by atoms with Crippen molar-refractivity contribution >= 4 is 39.5 Å². The van der Waals surface area contributed by atoms with Gasteiger partial charge in [0.25, 0.3) is 0 Å². The molecule has 0 spiro atoms. The lowest BCUT2D eigenvalue weighted by Gasteiger charge is -2.21. The van der Waals surface area contributed by atoms with E-state index in [0.29, 0.717) is 31.6 Å². The Hall–Kier alpha value is -1.94. The molecule has 0 aliphatic rings. The quantitative estimate of drug-likeness (QED) is 0.0222. The first kappa shape index (κ1) is 90.1. The Bertz CT molecular complexity index is 1820. The predicted molar refractivity (Wildman–Crippen MR) is 372 cm³/mol. The topological polar surface area (TPSA) is 237 Å². The van der Waals surface area contributed by atoms with Crippen LogP contribution in [0.5, 0.6) is 0 Å². The van der Waals surface area contributed by atoms with Crippen molar-refractivity contribution in [2.75, 3.05) is 39.6 Å². The second-order valence-electron chi connectivity index (χ2n) is 28.0. The van der Waals surface area contributed by atoms with E-state index >= 15 is 0 Å².